The van der Waals surface area contributed by atoms with E-state index >= 15 is 0 Å². The van der Waals surface area contributed by atoms with Crippen molar-refractivity contribution in [2.75, 3.05) is 26.8 Å². The van der Waals surface area contributed by atoms with Crippen LogP contribution < -0.4 is 0 Å². The molecule has 0 aromatic carbocycles. The highest BCUT2D eigenvalue weighted by molar-refractivity contribution is 5.91. The van der Waals surface area contributed by atoms with E-state index in [0.717, 1.165) is 39.0 Å². The Labute approximate surface area is 108 Å². The fourth-order valence-corrected chi connectivity index (χ4v) is 2.20. The molecule has 0 aliphatic carbocycles. The predicted octanol–water partition coefficient (Wildman–Crippen LogP) is 1.97. The quantitative estimate of drug-likeness (QED) is 0.818. The van der Waals surface area contributed by atoms with E-state index in [1.165, 1.54) is 0 Å². The zero-order chi connectivity index (χ0) is 12.8. The summed E-state index contributed by atoms with van der Waals surface area (Å²) in [5, 5.41) is 0. The van der Waals surface area contributed by atoms with E-state index in [-0.39, 0.29) is 5.91 Å². The van der Waals surface area contributed by atoms with Crippen molar-refractivity contribution in [1.82, 2.24) is 9.88 Å². The van der Waals surface area contributed by atoms with Crippen LogP contribution in [0.5, 0.6) is 0 Å². The molecular weight excluding hydrogens is 228 g/mol. The molecule has 2 heterocycles. The number of nitrogens with zero attached hydrogens (tertiary/aromatic N) is 2. The molecule has 1 aromatic rings. The molecule has 1 amide bonds. The fraction of sp³-hybridized carbons (Fsp3) is 0.571. The lowest BCUT2D eigenvalue weighted by Crippen LogP contribution is -2.30. The van der Waals surface area contributed by atoms with Crippen molar-refractivity contribution in [3.8, 4) is 0 Å². The fourth-order valence-electron chi connectivity index (χ4n) is 2.20. The van der Waals surface area contributed by atoms with Crippen molar-refractivity contribution in [1.29, 1.82) is 0 Å². The van der Waals surface area contributed by atoms with Crippen LogP contribution in [0.4, 0.5) is 0 Å². The van der Waals surface area contributed by atoms with Gasteiger partial charge >= 0.3 is 0 Å². The van der Waals surface area contributed by atoms with Crippen molar-refractivity contribution in [3.05, 3.63) is 30.1 Å². The summed E-state index contributed by atoms with van der Waals surface area (Å²) in [5.41, 5.74) is 0.520. The van der Waals surface area contributed by atoms with Crippen LogP contribution in [-0.2, 0) is 4.74 Å². The smallest absolute Gasteiger partial charge is 0.272 e. The number of hydrogen-bond donors (Lipinski definition) is 0. The lowest BCUT2D eigenvalue weighted by Gasteiger charge is -2.24. The zero-order valence-electron chi connectivity index (χ0n) is 10.8. The molecule has 0 unspecified atom stereocenters. The van der Waals surface area contributed by atoms with Gasteiger partial charge in [-0.3, -0.25) is 9.78 Å². The third kappa shape index (κ3) is 3.53. The highest BCUT2D eigenvalue weighted by Crippen LogP contribution is 2.18. The summed E-state index contributed by atoms with van der Waals surface area (Å²) in [7, 11) is 1.84. The van der Waals surface area contributed by atoms with Crippen molar-refractivity contribution in [2.45, 2.75) is 19.3 Å². The van der Waals surface area contributed by atoms with Crippen LogP contribution in [0.2, 0.25) is 0 Å². The maximum atomic E-state index is 12.1. The topological polar surface area (TPSA) is 42.4 Å². The van der Waals surface area contributed by atoms with Gasteiger partial charge in [0.05, 0.1) is 0 Å². The van der Waals surface area contributed by atoms with E-state index in [2.05, 4.69) is 4.98 Å². The van der Waals surface area contributed by atoms with Gasteiger partial charge in [0.1, 0.15) is 5.69 Å². The SMILES string of the molecule is CN(CCC1CCOCC1)C(=O)c1ccccn1. The first-order valence-electron chi connectivity index (χ1n) is 6.51. The number of rotatable bonds is 4. The lowest BCUT2D eigenvalue weighted by atomic mass is 9.96. The normalized spacial score (nSPS) is 16.5. The number of ether oxygens (including phenoxy) is 1. The molecule has 1 aliphatic rings. The highest BCUT2D eigenvalue weighted by Gasteiger charge is 2.17. The van der Waals surface area contributed by atoms with Gasteiger partial charge in [-0.25, -0.2) is 0 Å². The molecule has 98 valence electrons. The zero-order valence-corrected chi connectivity index (χ0v) is 10.8. The van der Waals surface area contributed by atoms with Crippen molar-refractivity contribution in [2.24, 2.45) is 5.92 Å². The van der Waals surface area contributed by atoms with E-state index < -0.39 is 0 Å². The Hall–Kier alpha value is -1.42. The van der Waals surface area contributed by atoms with Crippen LogP contribution in [0.25, 0.3) is 0 Å². The summed E-state index contributed by atoms with van der Waals surface area (Å²) in [5.74, 6) is 0.695. The standard InChI is InChI=1S/C14H20N2O2/c1-16(9-5-12-6-10-18-11-7-12)14(17)13-4-2-3-8-15-13/h2-4,8,12H,5-7,9-11H2,1H3. The highest BCUT2D eigenvalue weighted by atomic mass is 16.5. The molecular formula is C14H20N2O2. The van der Waals surface area contributed by atoms with Crippen molar-refractivity contribution >= 4 is 5.91 Å². The Bertz CT molecular complexity index is 375. The molecule has 4 heteroatoms. The largest absolute Gasteiger partial charge is 0.381 e. The summed E-state index contributed by atoms with van der Waals surface area (Å²) in [4.78, 5) is 17.9. The molecule has 1 aliphatic heterocycles. The molecule has 0 saturated carbocycles. The Morgan fingerprint density at radius 3 is 2.89 bits per heavy atom. The van der Waals surface area contributed by atoms with Gasteiger partial charge in [0, 0.05) is 33.0 Å². The van der Waals surface area contributed by atoms with Gasteiger partial charge in [-0.2, -0.15) is 0 Å². The monoisotopic (exact) mass is 248 g/mol. The van der Waals surface area contributed by atoms with Crippen molar-refractivity contribution in [3.63, 3.8) is 0 Å². The molecule has 18 heavy (non-hydrogen) atoms. The third-order valence-electron chi connectivity index (χ3n) is 3.44. The summed E-state index contributed by atoms with van der Waals surface area (Å²) < 4.78 is 5.33. The number of aromatic nitrogens is 1. The van der Waals surface area contributed by atoms with Crippen LogP contribution >= 0.6 is 0 Å². The number of amides is 1. The van der Waals surface area contributed by atoms with E-state index in [9.17, 15) is 4.79 Å². The molecule has 0 bridgehead atoms. The second-order valence-corrected chi connectivity index (χ2v) is 4.79. The summed E-state index contributed by atoms with van der Waals surface area (Å²) in [6.45, 7) is 2.52. The van der Waals surface area contributed by atoms with Crippen LogP contribution in [0.1, 0.15) is 29.8 Å². The third-order valence-corrected chi connectivity index (χ3v) is 3.44. The first-order chi connectivity index (χ1) is 8.77. The minimum atomic E-state index is 0.00246. The number of pyridine rings is 1. The predicted molar refractivity (Wildman–Crippen MR) is 69.4 cm³/mol. The molecule has 0 N–H and O–H groups in total. The number of hydrogen-bond acceptors (Lipinski definition) is 3. The molecule has 1 fully saturated rings. The Morgan fingerprint density at radius 1 is 1.44 bits per heavy atom. The van der Waals surface area contributed by atoms with Gasteiger partial charge in [-0.05, 0) is 37.3 Å². The number of carbonyl (C=O) groups excluding carboxylic acids is 1. The Balaban J connectivity index is 1.80. The van der Waals surface area contributed by atoms with Gasteiger partial charge in [0.2, 0.25) is 0 Å². The molecule has 0 spiro atoms. The van der Waals surface area contributed by atoms with Crippen LogP contribution in [-0.4, -0.2) is 42.6 Å². The minimum absolute atomic E-state index is 0.00246. The maximum Gasteiger partial charge on any atom is 0.272 e. The molecule has 0 atom stereocenters. The second-order valence-electron chi connectivity index (χ2n) is 4.79. The van der Waals surface area contributed by atoms with Gasteiger partial charge in [-0.15, -0.1) is 0 Å². The lowest BCUT2D eigenvalue weighted by molar-refractivity contribution is 0.0582. The molecule has 0 radical (unpaired) electrons. The average molecular weight is 248 g/mol. The first kappa shape index (κ1) is 13.0. The van der Waals surface area contributed by atoms with Gasteiger partial charge in [-0.1, -0.05) is 6.07 Å². The molecule has 2 rings (SSSR count). The van der Waals surface area contributed by atoms with Gasteiger partial charge in [0.25, 0.3) is 5.91 Å². The van der Waals surface area contributed by atoms with Crippen LogP contribution in [0, 0.1) is 5.92 Å². The van der Waals surface area contributed by atoms with Crippen LogP contribution in [0.15, 0.2) is 24.4 Å². The van der Waals surface area contributed by atoms with E-state index in [1.807, 2.05) is 19.2 Å². The van der Waals surface area contributed by atoms with E-state index in [4.69, 9.17) is 4.74 Å². The van der Waals surface area contributed by atoms with Crippen LogP contribution in [0.3, 0.4) is 0 Å². The average Bonchev–Trinajstić information content (AvgIpc) is 2.46. The van der Waals surface area contributed by atoms with Gasteiger partial charge < -0.3 is 9.64 Å². The Kier molecular flexibility index (Phi) is 4.70. The summed E-state index contributed by atoms with van der Waals surface area (Å²) in [6, 6.07) is 5.42. The summed E-state index contributed by atoms with van der Waals surface area (Å²) in [6.07, 6.45) is 4.94. The van der Waals surface area contributed by atoms with E-state index in [0.29, 0.717) is 11.6 Å². The van der Waals surface area contributed by atoms with Gasteiger partial charge in [0.15, 0.2) is 0 Å². The second kappa shape index (κ2) is 6.50. The van der Waals surface area contributed by atoms with E-state index in [1.54, 1.807) is 17.2 Å². The van der Waals surface area contributed by atoms with Crippen molar-refractivity contribution < 1.29 is 9.53 Å². The molecule has 1 saturated heterocycles. The molecule has 1 aromatic heterocycles. The molecule has 4 nitrogen and oxygen atoms in total. The summed E-state index contributed by atoms with van der Waals surface area (Å²) >= 11 is 0. The first-order valence-corrected chi connectivity index (χ1v) is 6.51. The Morgan fingerprint density at radius 2 is 2.22 bits per heavy atom. The maximum absolute atomic E-state index is 12.1. The minimum Gasteiger partial charge on any atom is -0.381 e. The number of carbonyl (C=O) groups is 1.